The molecule has 1 N–H and O–H groups in total. The fourth-order valence-corrected chi connectivity index (χ4v) is 5.67. The Morgan fingerprint density at radius 1 is 1.18 bits per heavy atom. The summed E-state index contributed by atoms with van der Waals surface area (Å²) in [4.78, 5) is 17.9. The van der Waals surface area contributed by atoms with Crippen molar-refractivity contribution in [3.8, 4) is 11.3 Å². The van der Waals surface area contributed by atoms with Crippen molar-refractivity contribution in [1.29, 1.82) is 0 Å². The predicted octanol–water partition coefficient (Wildman–Crippen LogP) is 6.31. The average Bonchev–Trinajstić information content (AvgIpc) is 3.39. The summed E-state index contributed by atoms with van der Waals surface area (Å²) in [5, 5.41) is 7.14. The lowest BCUT2D eigenvalue weighted by atomic mass is 9.87. The van der Waals surface area contributed by atoms with E-state index in [0.717, 1.165) is 31.4 Å². The molecule has 1 fully saturated rings. The third kappa shape index (κ3) is 4.18. The monoisotopic (exact) mass is 456 g/mol. The zero-order valence-corrected chi connectivity index (χ0v) is 21.1. The van der Waals surface area contributed by atoms with Gasteiger partial charge in [0, 0.05) is 41.6 Å². The van der Waals surface area contributed by atoms with Gasteiger partial charge in [0.25, 0.3) is 0 Å². The first-order chi connectivity index (χ1) is 16.3. The number of benzene rings is 2. The molecule has 0 amide bonds. The lowest BCUT2D eigenvalue weighted by molar-refractivity contribution is -0.120. The number of nitrogens with zero attached hydrogens (tertiary/aromatic N) is 3. The number of ketones is 1. The Morgan fingerprint density at radius 2 is 1.94 bits per heavy atom. The molecule has 178 valence electrons. The molecule has 0 spiro atoms. The molecular formula is C29H36N4O. The quantitative estimate of drug-likeness (QED) is 0.370. The fraction of sp³-hybridized carbons (Fsp3) is 0.448. The maximum Gasteiger partial charge on any atom is 0.146 e. The number of hydrogen-bond acceptors (Lipinski definition) is 3. The number of Topliss-reactive ketones (excluding diaryl/α,β-unsaturated/α-hetero) is 1. The highest BCUT2D eigenvalue weighted by molar-refractivity contribution is 5.94. The highest BCUT2D eigenvalue weighted by atomic mass is 16.1. The van der Waals surface area contributed by atoms with E-state index in [1.807, 2.05) is 18.7 Å². The van der Waals surface area contributed by atoms with Crippen molar-refractivity contribution in [2.24, 2.45) is 7.05 Å². The van der Waals surface area contributed by atoms with Crippen LogP contribution in [-0.4, -0.2) is 45.1 Å². The highest BCUT2D eigenvalue weighted by Crippen LogP contribution is 2.39. The van der Waals surface area contributed by atoms with Gasteiger partial charge in [-0.2, -0.15) is 5.10 Å². The molecule has 2 aromatic heterocycles. The Kier molecular flexibility index (Phi) is 6.07. The molecule has 3 heterocycles. The number of aromatic nitrogens is 3. The molecule has 0 radical (unpaired) electrons. The molecule has 0 aliphatic carbocycles. The minimum absolute atomic E-state index is 0.348. The Balaban J connectivity index is 1.49. The van der Waals surface area contributed by atoms with Gasteiger partial charge in [0.2, 0.25) is 0 Å². The first-order valence-corrected chi connectivity index (χ1v) is 12.7. The van der Waals surface area contributed by atoms with Gasteiger partial charge >= 0.3 is 0 Å². The minimum Gasteiger partial charge on any atom is -0.354 e. The van der Waals surface area contributed by atoms with Crippen molar-refractivity contribution in [2.75, 3.05) is 19.6 Å². The second-order valence-corrected chi connectivity index (χ2v) is 10.3. The van der Waals surface area contributed by atoms with Crippen molar-refractivity contribution in [1.82, 2.24) is 19.7 Å². The van der Waals surface area contributed by atoms with Gasteiger partial charge in [-0.05, 0) is 91.2 Å². The van der Waals surface area contributed by atoms with Crippen molar-refractivity contribution >= 4 is 27.6 Å². The molecule has 0 saturated carbocycles. The molecule has 1 saturated heterocycles. The molecule has 1 aliphatic rings. The minimum atomic E-state index is 0.348. The number of aromatic amines is 1. The van der Waals surface area contributed by atoms with E-state index in [-0.39, 0.29) is 0 Å². The summed E-state index contributed by atoms with van der Waals surface area (Å²) < 4.78 is 1.89. The summed E-state index contributed by atoms with van der Waals surface area (Å²) in [6.45, 7) is 11.3. The van der Waals surface area contributed by atoms with Crippen LogP contribution in [0, 0.1) is 6.92 Å². The van der Waals surface area contributed by atoms with Gasteiger partial charge in [0.1, 0.15) is 5.78 Å². The predicted molar refractivity (Wildman–Crippen MR) is 141 cm³/mol. The zero-order chi connectivity index (χ0) is 24.0. The molecule has 0 atom stereocenters. The Bertz CT molecular complexity index is 1350. The van der Waals surface area contributed by atoms with E-state index < -0.39 is 0 Å². The second-order valence-electron chi connectivity index (χ2n) is 10.3. The number of carbonyl (C=O) groups excluding carboxylic acids is 1. The molecule has 0 unspecified atom stereocenters. The van der Waals surface area contributed by atoms with Crippen molar-refractivity contribution in [2.45, 2.75) is 58.8 Å². The van der Waals surface area contributed by atoms with Gasteiger partial charge < -0.3 is 4.98 Å². The molecule has 4 aromatic rings. The Labute approximate surface area is 202 Å². The van der Waals surface area contributed by atoms with E-state index in [1.165, 1.54) is 44.2 Å². The number of aryl methyl sites for hydroxylation is 2. The normalized spacial score (nSPS) is 15.7. The molecule has 34 heavy (non-hydrogen) atoms. The van der Waals surface area contributed by atoms with Gasteiger partial charge in [-0.1, -0.05) is 26.8 Å². The lowest BCUT2D eigenvalue weighted by Gasteiger charge is -2.31. The number of carbonyl (C=O) groups is 1. The van der Waals surface area contributed by atoms with Crippen molar-refractivity contribution in [3.05, 3.63) is 53.2 Å². The van der Waals surface area contributed by atoms with Crippen LogP contribution in [0.4, 0.5) is 0 Å². The molecule has 2 aromatic carbocycles. The number of piperidine rings is 1. The highest BCUT2D eigenvalue weighted by Gasteiger charge is 2.23. The van der Waals surface area contributed by atoms with E-state index in [4.69, 9.17) is 0 Å². The van der Waals surface area contributed by atoms with E-state index in [2.05, 4.69) is 72.3 Å². The van der Waals surface area contributed by atoms with Crippen LogP contribution < -0.4 is 0 Å². The van der Waals surface area contributed by atoms with Gasteiger partial charge in [0.05, 0.1) is 12.1 Å². The summed E-state index contributed by atoms with van der Waals surface area (Å²) in [7, 11) is 1.98. The number of rotatable bonds is 6. The van der Waals surface area contributed by atoms with Gasteiger partial charge in [-0.3, -0.25) is 14.4 Å². The smallest absolute Gasteiger partial charge is 0.146 e. The average molecular weight is 457 g/mol. The van der Waals surface area contributed by atoms with Crippen LogP contribution in [0.1, 0.15) is 68.6 Å². The van der Waals surface area contributed by atoms with Crippen LogP contribution in [0.2, 0.25) is 0 Å². The summed E-state index contributed by atoms with van der Waals surface area (Å²) in [6.07, 6.45) is 4.97. The van der Waals surface area contributed by atoms with E-state index >= 15 is 0 Å². The molecule has 0 bridgehead atoms. The van der Waals surface area contributed by atoms with Crippen LogP contribution in [0.5, 0.6) is 0 Å². The molecule has 1 aliphatic heterocycles. The molecular weight excluding hydrogens is 420 g/mol. The van der Waals surface area contributed by atoms with Crippen LogP contribution in [0.25, 0.3) is 33.1 Å². The van der Waals surface area contributed by atoms with Gasteiger partial charge in [0.15, 0.2) is 0 Å². The first-order valence-electron chi connectivity index (χ1n) is 12.7. The van der Waals surface area contributed by atoms with Crippen LogP contribution in [-0.2, 0) is 11.8 Å². The third-order valence-corrected chi connectivity index (χ3v) is 7.50. The van der Waals surface area contributed by atoms with Crippen molar-refractivity contribution in [3.63, 3.8) is 0 Å². The van der Waals surface area contributed by atoms with Crippen LogP contribution >= 0.6 is 0 Å². The van der Waals surface area contributed by atoms with E-state index in [0.29, 0.717) is 30.6 Å². The van der Waals surface area contributed by atoms with Crippen LogP contribution in [0.3, 0.4) is 0 Å². The summed E-state index contributed by atoms with van der Waals surface area (Å²) in [5.74, 6) is 1.32. The Hall–Kier alpha value is -2.92. The summed E-state index contributed by atoms with van der Waals surface area (Å²) in [5.41, 5.74) is 8.76. The lowest BCUT2D eigenvalue weighted by Crippen LogP contribution is -2.36. The summed E-state index contributed by atoms with van der Waals surface area (Å²) >= 11 is 0. The number of hydrogen-bond donors (Lipinski definition) is 1. The number of H-pyrrole nitrogens is 1. The van der Waals surface area contributed by atoms with Crippen molar-refractivity contribution < 1.29 is 4.79 Å². The van der Waals surface area contributed by atoms with Gasteiger partial charge in [-0.15, -0.1) is 0 Å². The van der Waals surface area contributed by atoms with Crippen LogP contribution in [0.15, 0.2) is 36.5 Å². The van der Waals surface area contributed by atoms with E-state index in [9.17, 15) is 4.79 Å². The standard InChI is InChI=1S/C29H36N4O/c1-6-24(34)17-33-11-9-20(10-12-33)21-7-8-26-25(15-21)27(18(2)3)29(30-26)22-13-19(4)28-23(14-22)16-32(5)31-28/h7-8,13-16,18,20,30H,6,9-12,17H2,1-5H3. The SMILES string of the molecule is CCC(=O)CN1CCC(c2ccc3[nH]c(-c4cc(C)c5nn(C)cc5c4)c(C(C)C)c3c2)CC1. The maximum atomic E-state index is 11.8. The molecule has 5 heteroatoms. The number of nitrogens with one attached hydrogen (secondary N) is 1. The first kappa shape index (κ1) is 22.9. The number of fused-ring (bicyclic) bond motifs is 2. The molecule has 5 nitrogen and oxygen atoms in total. The largest absolute Gasteiger partial charge is 0.354 e. The maximum absolute atomic E-state index is 11.8. The van der Waals surface area contributed by atoms with Gasteiger partial charge in [-0.25, -0.2) is 0 Å². The second kappa shape index (κ2) is 9.03. The zero-order valence-electron chi connectivity index (χ0n) is 21.1. The Morgan fingerprint density at radius 3 is 2.65 bits per heavy atom. The topological polar surface area (TPSA) is 53.9 Å². The fourth-order valence-electron chi connectivity index (χ4n) is 5.67. The molecule has 5 rings (SSSR count). The third-order valence-electron chi connectivity index (χ3n) is 7.50. The number of likely N-dealkylation sites (tertiary alicyclic amines) is 1. The summed E-state index contributed by atoms with van der Waals surface area (Å²) in [6, 6.07) is 11.5. The van der Waals surface area contributed by atoms with E-state index in [1.54, 1.807) is 0 Å².